The molecule has 1 aliphatic heterocycles. The maximum atomic E-state index is 12.3. The summed E-state index contributed by atoms with van der Waals surface area (Å²) < 4.78 is 24.7. The van der Waals surface area contributed by atoms with Crippen LogP contribution in [0.2, 0.25) is 0 Å². The van der Waals surface area contributed by atoms with Crippen molar-refractivity contribution in [2.45, 2.75) is 4.90 Å². The first-order chi connectivity index (χ1) is 9.04. The molecule has 1 amide bonds. The summed E-state index contributed by atoms with van der Waals surface area (Å²) in [5.74, 6) is -0.670. The van der Waals surface area contributed by atoms with Crippen LogP contribution in [0.4, 0.5) is 0 Å². The molecule has 1 aromatic carbocycles. The van der Waals surface area contributed by atoms with Gasteiger partial charge in [0.25, 0.3) is 5.91 Å². The summed E-state index contributed by atoms with van der Waals surface area (Å²) >= 11 is 0. The summed E-state index contributed by atoms with van der Waals surface area (Å²) in [6, 6.07) is 6.39. The SMILES string of the molecule is CNC(=O)C1=C(NCCO)c2ccccc2S1(=O)=O. The highest BCUT2D eigenvalue weighted by Crippen LogP contribution is 2.37. The van der Waals surface area contributed by atoms with Gasteiger partial charge in [-0.3, -0.25) is 4.79 Å². The molecule has 1 aliphatic rings. The Morgan fingerprint density at radius 2 is 2.00 bits per heavy atom. The van der Waals surface area contributed by atoms with Crippen molar-refractivity contribution in [3.8, 4) is 0 Å². The van der Waals surface area contributed by atoms with Gasteiger partial charge in [0.15, 0.2) is 4.91 Å². The Bertz CT molecular complexity index is 649. The summed E-state index contributed by atoms with van der Waals surface area (Å²) in [5.41, 5.74) is 0.693. The first-order valence-corrected chi connectivity index (χ1v) is 7.18. The Balaban J connectivity index is 2.66. The van der Waals surface area contributed by atoms with Gasteiger partial charge in [-0.05, 0) is 6.07 Å². The molecular formula is C12H14N2O4S. The monoisotopic (exact) mass is 282 g/mol. The van der Waals surface area contributed by atoms with E-state index in [-0.39, 0.29) is 28.6 Å². The Morgan fingerprint density at radius 3 is 2.63 bits per heavy atom. The maximum Gasteiger partial charge on any atom is 0.265 e. The fraction of sp³-hybridized carbons (Fsp3) is 0.250. The number of carbonyl (C=O) groups excluding carboxylic acids is 1. The topological polar surface area (TPSA) is 95.5 Å². The van der Waals surface area contributed by atoms with Crippen LogP contribution >= 0.6 is 0 Å². The van der Waals surface area contributed by atoms with Crippen molar-refractivity contribution < 1.29 is 18.3 Å². The van der Waals surface area contributed by atoms with Crippen LogP contribution in [-0.2, 0) is 14.6 Å². The van der Waals surface area contributed by atoms with E-state index in [9.17, 15) is 13.2 Å². The Morgan fingerprint density at radius 1 is 1.32 bits per heavy atom. The average Bonchev–Trinajstić information content (AvgIpc) is 2.64. The number of aliphatic hydroxyl groups is 1. The zero-order valence-corrected chi connectivity index (χ0v) is 11.1. The van der Waals surface area contributed by atoms with Crippen LogP contribution in [0, 0.1) is 0 Å². The summed E-state index contributed by atoms with van der Waals surface area (Å²) in [6.45, 7) is 0.00637. The van der Waals surface area contributed by atoms with Crippen molar-refractivity contribution in [1.82, 2.24) is 10.6 Å². The lowest BCUT2D eigenvalue weighted by atomic mass is 10.1. The van der Waals surface area contributed by atoms with E-state index in [0.717, 1.165) is 0 Å². The summed E-state index contributed by atoms with van der Waals surface area (Å²) in [7, 11) is -2.44. The third-order valence-corrected chi connectivity index (χ3v) is 4.65. The molecule has 0 fully saturated rings. The average molecular weight is 282 g/mol. The van der Waals surface area contributed by atoms with Gasteiger partial charge in [0, 0.05) is 19.2 Å². The Labute approximate surface area is 111 Å². The van der Waals surface area contributed by atoms with Crippen molar-refractivity contribution in [3.05, 3.63) is 34.7 Å². The molecule has 0 saturated heterocycles. The molecule has 0 aromatic heterocycles. The number of amides is 1. The number of carbonyl (C=O) groups is 1. The standard InChI is InChI=1S/C12H14N2O4S/c1-13-12(16)11-10(14-6-7-15)8-4-2-3-5-9(8)19(11,17)18/h2-5,14-15H,6-7H2,1H3,(H,13,16). The van der Waals surface area contributed by atoms with Crippen LogP contribution in [0.1, 0.15) is 5.56 Å². The first-order valence-electron chi connectivity index (χ1n) is 5.69. The number of sulfone groups is 1. The van der Waals surface area contributed by atoms with E-state index in [1.54, 1.807) is 18.2 Å². The van der Waals surface area contributed by atoms with Gasteiger partial charge in [0.1, 0.15) is 0 Å². The second kappa shape index (κ2) is 5.02. The van der Waals surface area contributed by atoms with E-state index in [1.165, 1.54) is 13.1 Å². The predicted octanol–water partition coefficient (Wildman–Crippen LogP) is -0.530. The molecule has 102 valence electrons. The zero-order chi connectivity index (χ0) is 14.0. The van der Waals surface area contributed by atoms with Gasteiger partial charge in [-0.25, -0.2) is 8.42 Å². The van der Waals surface area contributed by atoms with Crippen LogP contribution in [0.15, 0.2) is 34.1 Å². The molecule has 6 nitrogen and oxygen atoms in total. The number of fused-ring (bicyclic) bond motifs is 1. The third kappa shape index (κ3) is 2.11. The number of rotatable bonds is 4. The largest absolute Gasteiger partial charge is 0.395 e. The smallest absolute Gasteiger partial charge is 0.265 e. The van der Waals surface area contributed by atoms with Gasteiger partial charge in [-0.1, -0.05) is 18.2 Å². The Kier molecular flexibility index (Phi) is 3.59. The van der Waals surface area contributed by atoms with Crippen molar-refractivity contribution in [1.29, 1.82) is 0 Å². The molecule has 0 unspecified atom stereocenters. The van der Waals surface area contributed by atoms with Gasteiger partial charge in [0.2, 0.25) is 9.84 Å². The quantitative estimate of drug-likeness (QED) is 0.690. The highest BCUT2D eigenvalue weighted by molar-refractivity contribution is 7.97. The molecule has 1 heterocycles. The zero-order valence-electron chi connectivity index (χ0n) is 10.3. The summed E-state index contributed by atoms with van der Waals surface area (Å²) in [6.07, 6.45) is 0. The summed E-state index contributed by atoms with van der Waals surface area (Å²) in [4.78, 5) is 11.6. The van der Waals surface area contributed by atoms with Crippen molar-refractivity contribution in [2.24, 2.45) is 0 Å². The lowest BCUT2D eigenvalue weighted by Crippen LogP contribution is -2.27. The number of aliphatic hydroxyl groups excluding tert-OH is 1. The number of nitrogens with one attached hydrogen (secondary N) is 2. The van der Waals surface area contributed by atoms with Crippen molar-refractivity contribution in [2.75, 3.05) is 20.2 Å². The highest BCUT2D eigenvalue weighted by atomic mass is 32.2. The van der Waals surface area contributed by atoms with Crippen LogP contribution in [0.5, 0.6) is 0 Å². The van der Waals surface area contributed by atoms with Crippen LogP contribution in [0.3, 0.4) is 0 Å². The van der Waals surface area contributed by atoms with Gasteiger partial charge < -0.3 is 15.7 Å². The fourth-order valence-corrected chi connectivity index (χ4v) is 3.71. The molecule has 0 spiro atoms. The molecule has 19 heavy (non-hydrogen) atoms. The molecule has 0 saturated carbocycles. The van der Waals surface area contributed by atoms with Crippen molar-refractivity contribution in [3.63, 3.8) is 0 Å². The van der Waals surface area contributed by atoms with Crippen molar-refractivity contribution >= 4 is 21.4 Å². The lowest BCUT2D eigenvalue weighted by molar-refractivity contribution is -0.116. The third-order valence-electron chi connectivity index (χ3n) is 2.79. The van der Waals surface area contributed by atoms with E-state index in [1.807, 2.05) is 0 Å². The lowest BCUT2D eigenvalue weighted by Gasteiger charge is -2.08. The fourth-order valence-electron chi connectivity index (χ4n) is 1.98. The molecule has 0 radical (unpaired) electrons. The highest BCUT2D eigenvalue weighted by Gasteiger charge is 2.39. The maximum absolute atomic E-state index is 12.3. The van der Waals surface area contributed by atoms with E-state index < -0.39 is 15.7 Å². The second-order valence-electron chi connectivity index (χ2n) is 3.93. The molecule has 3 N–H and O–H groups in total. The Hall–Kier alpha value is -1.86. The molecule has 0 aliphatic carbocycles. The molecule has 2 rings (SSSR count). The van der Waals surface area contributed by atoms with Crippen LogP contribution in [-0.4, -0.2) is 39.6 Å². The normalized spacial score (nSPS) is 16.1. The predicted molar refractivity (Wildman–Crippen MR) is 69.7 cm³/mol. The van der Waals surface area contributed by atoms with Crippen LogP contribution < -0.4 is 10.6 Å². The number of hydrogen-bond acceptors (Lipinski definition) is 5. The minimum Gasteiger partial charge on any atom is -0.395 e. The number of hydrogen-bond donors (Lipinski definition) is 3. The van der Waals surface area contributed by atoms with E-state index in [2.05, 4.69) is 10.6 Å². The molecule has 0 bridgehead atoms. The first kappa shape index (κ1) is 13.6. The molecule has 7 heteroatoms. The molecule has 0 atom stereocenters. The van der Waals surface area contributed by atoms with Gasteiger partial charge in [0.05, 0.1) is 17.2 Å². The number of likely N-dealkylation sites (N-methyl/N-ethyl adjacent to an activating group) is 1. The molecular weight excluding hydrogens is 268 g/mol. The van der Waals surface area contributed by atoms with E-state index in [0.29, 0.717) is 5.56 Å². The minimum absolute atomic E-state index is 0.106. The van der Waals surface area contributed by atoms with Gasteiger partial charge in [-0.15, -0.1) is 0 Å². The second-order valence-corrected chi connectivity index (χ2v) is 5.79. The molecule has 1 aromatic rings. The number of benzene rings is 1. The van der Waals surface area contributed by atoms with Gasteiger partial charge >= 0.3 is 0 Å². The summed E-state index contributed by atoms with van der Waals surface area (Å²) in [5, 5.41) is 14.0. The minimum atomic E-state index is -3.81. The van der Waals surface area contributed by atoms with Crippen LogP contribution in [0.25, 0.3) is 5.70 Å². The van der Waals surface area contributed by atoms with Gasteiger partial charge in [-0.2, -0.15) is 0 Å². The van der Waals surface area contributed by atoms with E-state index >= 15 is 0 Å². The van der Waals surface area contributed by atoms with E-state index in [4.69, 9.17) is 5.11 Å².